The molecule has 0 aliphatic rings. The lowest BCUT2D eigenvalue weighted by Gasteiger charge is -2.14. The van der Waals surface area contributed by atoms with E-state index in [2.05, 4.69) is 10.0 Å². The van der Waals surface area contributed by atoms with Crippen molar-refractivity contribution in [2.75, 3.05) is 17.9 Å². The Bertz CT molecular complexity index is 1560. The highest BCUT2D eigenvalue weighted by atomic mass is 35.5. The fourth-order valence-corrected chi connectivity index (χ4v) is 5.18. The van der Waals surface area contributed by atoms with E-state index < -0.39 is 15.9 Å². The maximum Gasteiger partial charge on any atom is 0.261 e. The number of sulfonamides is 1. The summed E-state index contributed by atoms with van der Waals surface area (Å²) in [6, 6.07) is 24.8. The van der Waals surface area contributed by atoms with Crippen molar-refractivity contribution in [3.63, 3.8) is 0 Å². The summed E-state index contributed by atoms with van der Waals surface area (Å²) in [5.41, 5.74) is 1.15. The molecule has 0 aliphatic carbocycles. The average Bonchev–Trinajstić information content (AvgIpc) is 2.92. The molecule has 0 saturated heterocycles. The van der Waals surface area contributed by atoms with Crippen LogP contribution in [0.1, 0.15) is 22.8 Å². The van der Waals surface area contributed by atoms with E-state index in [1.165, 1.54) is 42.5 Å². The molecule has 2 N–H and O–H groups in total. The third-order valence-corrected chi connectivity index (χ3v) is 7.55. The smallest absolute Gasteiger partial charge is 0.261 e. The molecule has 0 atom stereocenters. The van der Waals surface area contributed by atoms with Crippen molar-refractivity contribution < 1.29 is 22.7 Å². The number of anilines is 1. The van der Waals surface area contributed by atoms with Gasteiger partial charge in [0.1, 0.15) is 17.2 Å². The van der Waals surface area contributed by atoms with Gasteiger partial charge in [0.25, 0.3) is 15.9 Å². The first-order valence-corrected chi connectivity index (χ1v) is 14.3. The molecule has 1 amide bonds. The van der Waals surface area contributed by atoms with Crippen molar-refractivity contribution in [3.8, 4) is 17.2 Å². The van der Waals surface area contributed by atoms with Gasteiger partial charge < -0.3 is 14.8 Å². The first kappa shape index (κ1) is 28.3. The van der Waals surface area contributed by atoms with Gasteiger partial charge in [0, 0.05) is 11.6 Å². The highest BCUT2D eigenvalue weighted by molar-refractivity contribution is 7.92. The Morgan fingerprint density at radius 1 is 0.872 bits per heavy atom. The van der Waals surface area contributed by atoms with Crippen molar-refractivity contribution in [2.45, 2.75) is 18.2 Å². The van der Waals surface area contributed by atoms with Crippen LogP contribution in [0.4, 0.5) is 5.69 Å². The molecule has 0 bridgehead atoms. The summed E-state index contributed by atoms with van der Waals surface area (Å²) >= 11 is 12.3. The fraction of sp³-hybridized carbons (Fsp3) is 0.138. The number of carbonyl (C=O) groups is 1. The van der Waals surface area contributed by atoms with Gasteiger partial charge in [-0.25, -0.2) is 8.42 Å². The van der Waals surface area contributed by atoms with Gasteiger partial charge >= 0.3 is 0 Å². The molecular formula is C29H26Cl2N2O5S. The predicted molar refractivity (Wildman–Crippen MR) is 154 cm³/mol. The first-order chi connectivity index (χ1) is 18.8. The topological polar surface area (TPSA) is 93.7 Å². The summed E-state index contributed by atoms with van der Waals surface area (Å²) in [7, 11) is -4.03. The summed E-state index contributed by atoms with van der Waals surface area (Å²) < 4.78 is 40.1. The number of benzene rings is 4. The van der Waals surface area contributed by atoms with E-state index in [9.17, 15) is 13.2 Å². The minimum Gasteiger partial charge on any atom is -0.494 e. The van der Waals surface area contributed by atoms with E-state index >= 15 is 0 Å². The molecule has 0 fully saturated rings. The fourth-order valence-electron chi connectivity index (χ4n) is 3.75. The molecule has 0 saturated carbocycles. The average molecular weight is 586 g/mol. The van der Waals surface area contributed by atoms with Crippen molar-refractivity contribution in [1.82, 2.24) is 5.32 Å². The van der Waals surface area contributed by atoms with Crippen LogP contribution in [0.2, 0.25) is 10.0 Å². The summed E-state index contributed by atoms with van der Waals surface area (Å²) in [4.78, 5) is 13.0. The summed E-state index contributed by atoms with van der Waals surface area (Å²) in [6.45, 7) is 2.75. The number of carbonyl (C=O) groups excluding carboxylic acids is 1. The number of halogens is 2. The zero-order valence-electron chi connectivity index (χ0n) is 21.0. The van der Waals surface area contributed by atoms with Gasteiger partial charge in [0.15, 0.2) is 0 Å². The SMILES string of the molecule is CCOc1ccccc1CCNC(=O)c1cc(Cl)ccc1NS(=O)(=O)c1ccc(Oc2ccccc2Cl)cc1. The van der Waals surface area contributed by atoms with E-state index in [4.69, 9.17) is 32.7 Å². The lowest BCUT2D eigenvalue weighted by Crippen LogP contribution is -2.27. The maximum absolute atomic E-state index is 13.1. The van der Waals surface area contributed by atoms with Crippen LogP contribution in [-0.4, -0.2) is 27.5 Å². The van der Waals surface area contributed by atoms with Crippen LogP contribution < -0.4 is 19.5 Å². The second-order valence-electron chi connectivity index (χ2n) is 8.35. The number of para-hydroxylation sites is 2. The zero-order chi connectivity index (χ0) is 27.8. The largest absolute Gasteiger partial charge is 0.494 e. The third-order valence-electron chi connectivity index (χ3n) is 5.62. The quantitative estimate of drug-likeness (QED) is 0.199. The van der Waals surface area contributed by atoms with Crippen molar-refractivity contribution in [1.29, 1.82) is 0 Å². The molecule has 4 rings (SSSR count). The molecule has 0 spiro atoms. The lowest BCUT2D eigenvalue weighted by molar-refractivity contribution is 0.0955. The highest BCUT2D eigenvalue weighted by Gasteiger charge is 2.20. The molecule has 0 heterocycles. The highest BCUT2D eigenvalue weighted by Crippen LogP contribution is 2.30. The second-order valence-corrected chi connectivity index (χ2v) is 10.9. The van der Waals surface area contributed by atoms with Crippen LogP contribution >= 0.6 is 23.2 Å². The van der Waals surface area contributed by atoms with Crippen LogP contribution in [0.3, 0.4) is 0 Å². The Hall–Kier alpha value is -3.72. The Labute approximate surface area is 237 Å². The molecule has 0 radical (unpaired) electrons. The van der Waals surface area contributed by atoms with Gasteiger partial charge in [0.05, 0.1) is 27.8 Å². The first-order valence-electron chi connectivity index (χ1n) is 12.1. The predicted octanol–water partition coefficient (Wildman–Crippen LogP) is 6.96. The number of hydrogen-bond acceptors (Lipinski definition) is 5. The minimum absolute atomic E-state index is 0.0113. The standard InChI is InChI=1S/C29H26Cl2N2O5S/c1-2-37-27-9-5-3-7-20(27)17-18-32-29(34)24-19-21(30)11-16-26(24)33-39(35,36)23-14-12-22(13-15-23)38-28-10-6-4-8-25(28)31/h3-16,19,33H,2,17-18H2,1H3,(H,32,34). The minimum atomic E-state index is -4.03. The normalized spacial score (nSPS) is 11.1. The summed E-state index contributed by atoms with van der Waals surface area (Å²) in [5.74, 6) is 1.16. The maximum atomic E-state index is 13.1. The van der Waals surface area contributed by atoms with Crippen LogP contribution in [-0.2, 0) is 16.4 Å². The van der Waals surface area contributed by atoms with Crippen LogP contribution in [0.15, 0.2) is 95.9 Å². The van der Waals surface area contributed by atoms with Crippen LogP contribution in [0, 0.1) is 0 Å². The lowest BCUT2D eigenvalue weighted by atomic mass is 10.1. The summed E-state index contributed by atoms with van der Waals surface area (Å²) in [5, 5.41) is 3.56. The van der Waals surface area contributed by atoms with Gasteiger partial charge in [-0.15, -0.1) is 0 Å². The van der Waals surface area contributed by atoms with Gasteiger partial charge in [-0.3, -0.25) is 9.52 Å². The van der Waals surface area contributed by atoms with Gasteiger partial charge in [0.2, 0.25) is 0 Å². The molecule has 4 aromatic carbocycles. The van der Waals surface area contributed by atoms with Crippen molar-refractivity contribution in [3.05, 3.63) is 112 Å². The molecule has 0 unspecified atom stereocenters. The van der Waals surface area contributed by atoms with Crippen LogP contribution in [0.5, 0.6) is 17.2 Å². The molecule has 202 valence electrons. The Morgan fingerprint density at radius 3 is 2.28 bits per heavy atom. The number of hydrogen-bond donors (Lipinski definition) is 2. The molecule has 10 heteroatoms. The second kappa shape index (κ2) is 12.9. The monoisotopic (exact) mass is 584 g/mol. The van der Waals surface area contributed by atoms with E-state index in [-0.39, 0.29) is 16.1 Å². The van der Waals surface area contributed by atoms with Gasteiger partial charge in [-0.2, -0.15) is 0 Å². The molecule has 39 heavy (non-hydrogen) atoms. The Kier molecular flexibility index (Phi) is 9.35. The summed E-state index contributed by atoms with van der Waals surface area (Å²) in [6.07, 6.45) is 0.534. The molecule has 0 aliphatic heterocycles. The number of nitrogens with one attached hydrogen (secondary N) is 2. The Balaban J connectivity index is 1.45. The van der Waals surface area contributed by atoms with Crippen molar-refractivity contribution in [2.24, 2.45) is 0 Å². The van der Waals surface area contributed by atoms with Crippen molar-refractivity contribution >= 4 is 44.8 Å². The molecule has 4 aromatic rings. The van der Waals surface area contributed by atoms with Gasteiger partial charge in [-0.05, 0) is 79.6 Å². The number of rotatable bonds is 11. The molecule has 7 nitrogen and oxygen atoms in total. The van der Waals surface area contributed by atoms with E-state index in [1.807, 2.05) is 31.2 Å². The molecule has 0 aromatic heterocycles. The van der Waals surface area contributed by atoms with E-state index in [0.29, 0.717) is 41.1 Å². The zero-order valence-corrected chi connectivity index (χ0v) is 23.3. The van der Waals surface area contributed by atoms with E-state index in [1.54, 1.807) is 24.3 Å². The van der Waals surface area contributed by atoms with Gasteiger partial charge in [-0.1, -0.05) is 53.5 Å². The van der Waals surface area contributed by atoms with Crippen LogP contribution in [0.25, 0.3) is 0 Å². The number of ether oxygens (including phenoxy) is 2. The Morgan fingerprint density at radius 2 is 1.56 bits per heavy atom. The van der Waals surface area contributed by atoms with E-state index in [0.717, 1.165) is 11.3 Å². The number of amides is 1. The molecular weight excluding hydrogens is 559 g/mol. The third kappa shape index (κ3) is 7.44.